The summed E-state index contributed by atoms with van der Waals surface area (Å²) in [5.74, 6) is 0. The van der Waals surface area contributed by atoms with Gasteiger partial charge in [0.15, 0.2) is 0 Å². The Labute approximate surface area is 240 Å². The van der Waals surface area contributed by atoms with Crippen molar-refractivity contribution in [1.29, 1.82) is 0 Å². The van der Waals surface area contributed by atoms with Crippen LogP contribution in [-0.4, -0.2) is 71.1 Å². The number of nitrogens with zero attached hydrogens (tertiary/aromatic N) is 2. The Morgan fingerprint density at radius 1 is 0.590 bits per heavy atom. The molecule has 0 spiro atoms. The summed E-state index contributed by atoms with van der Waals surface area (Å²) in [4.78, 5) is 28.5. The third-order valence-corrected chi connectivity index (χ3v) is 6.25. The number of aliphatic hydroxyl groups is 1. The number of hydrogen-bond donors (Lipinski definition) is 1. The molecule has 0 bridgehead atoms. The fourth-order valence-corrected chi connectivity index (χ4v) is 4.15. The number of amides is 2. The van der Waals surface area contributed by atoms with Crippen LogP contribution in [0.15, 0.2) is 12.2 Å². The zero-order valence-electron chi connectivity index (χ0n) is 26.6. The van der Waals surface area contributed by atoms with Gasteiger partial charge in [-0.25, -0.2) is 9.59 Å². The molecule has 0 saturated heterocycles. The molecule has 0 unspecified atom stereocenters. The fraction of sp³-hybridized carbons (Fsp3) is 0.875. The predicted molar refractivity (Wildman–Crippen MR) is 162 cm³/mol. The molecule has 0 aromatic carbocycles. The van der Waals surface area contributed by atoms with Crippen molar-refractivity contribution in [2.75, 3.05) is 32.8 Å². The van der Waals surface area contributed by atoms with Crippen LogP contribution in [-0.2, 0) is 9.47 Å². The van der Waals surface area contributed by atoms with Crippen molar-refractivity contribution in [1.82, 2.24) is 9.80 Å². The molecule has 0 aliphatic carbocycles. The van der Waals surface area contributed by atoms with Gasteiger partial charge in [0.05, 0.1) is 6.61 Å². The zero-order chi connectivity index (χ0) is 29.6. The van der Waals surface area contributed by atoms with Crippen LogP contribution in [0.25, 0.3) is 0 Å². The Morgan fingerprint density at radius 2 is 0.974 bits per heavy atom. The van der Waals surface area contributed by atoms with Gasteiger partial charge in [-0.1, -0.05) is 76.9 Å². The first-order valence-electron chi connectivity index (χ1n) is 15.6. The van der Waals surface area contributed by atoms with Gasteiger partial charge >= 0.3 is 12.2 Å². The van der Waals surface area contributed by atoms with E-state index in [9.17, 15) is 14.7 Å². The smallest absolute Gasteiger partial charge is 0.410 e. The first-order chi connectivity index (χ1) is 18.4. The highest BCUT2D eigenvalue weighted by Gasteiger charge is 2.25. The summed E-state index contributed by atoms with van der Waals surface area (Å²) in [5, 5.41) is 9.41. The standard InChI is InChI=1S/C32H62N2O5/c1-8-9-10-11-12-13-14-15-16-17-18-19-20-21-22-23-24-33(29(36)38-31(2,3)4)25-26-34(27-28-35)30(37)39-32(5,6)7/h15-16,35H,8-14,17-28H2,1-7H3/b16-15-. The van der Waals surface area contributed by atoms with Gasteiger partial charge < -0.3 is 24.4 Å². The highest BCUT2D eigenvalue weighted by Crippen LogP contribution is 2.14. The summed E-state index contributed by atoms with van der Waals surface area (Å²) < 4.78 is 11.1. The molecular formula is C32H62N2O5. The minimum absolute atomic E-state index is 0.158. The van der Waals surface area contributed by atoms with Crippen LogP contribution in [0.2, 0.25) is 0 Å². The Hall–Kier alpha value is -1.76. The Kier molecular flexibility index (Phi) is 21.0. The van der Waals surface area contributed by atoms with Crippen LogP contribution >= 0.6 is 0 Å². The third-order valence-electron chi connectivity index (χ3n) is 6.25. The summed E-state index contributed by atoms with van der Waals surface area (Å²) in [6.45, 7) is 14.4. The number of carbonyl (C=O) groups excluding carboxylic acids is 2. The van der Waals surface area contributed by atoms with Gasteiger partial charge in [0.2, 0.25) is 0 Å². The van der Waals surface area contributed by atoms with E-state index >= 15 is 0 Å². The lowest BCUT2D eigenvalue weighted by Crippen LogP contribution is -2.45. The van der Waals surface area contributed by atoms with Gasteiger partial charge in [-0.3, -0.25) is 0 Å². The molecule has 7 nitrogen and oxygen atoms in total. The Balaban J connectivity index is 4.36. The van der Waals surface area contributed by atoms with Gasteiger partial charge in [-0.05, 0) is 73.6 Å². The summed E-state index contributed by atoms with van der Waals surface area (Å²) in [5.41, 5.74) is -1.21. The normalized spacial score (nSPS) is 12.1. The van der Waals surface area contributed by atoms with E-state index in [-0.39, 0.29) is 25.8 Å². The first-order valence-corrected chi connectivity index (χ1v) is 15.6. The lowest BCUT2D eigenvalue weighted by molar-refractivity contribution is 0.0114. The first kappa shape index (κ1) is 37.2. The third kappa shape index (κ3) is 23.8. The number of carbonyl (C=O) groups is 2. The van der Waals surface area contributed by atoms with Gasteiger partial charge in [-0.2, -0.15) is 0 Å². The summed E-state index contributed by atoms with van der Waals surface area (Å²) in [7, 11) is 0. The molecule has 0 atom stereocenters. The van der Waals surface area contributed by atoms with E-state index in [0.29, 0.717) is 13.1 Å². The maximum Gasteiger partial charge on any atom is 0.410 e. The number of ether oxygens (including phenoxy) is 2. The zero-order valence-corrected chi connectivity index (χ0v) is 26.6. The van der Waals surface area contributed by atoms with Crippen LogP contribution in [0, 0.1) is 0 Å². The SMILES string of the molecule is CCCCCCCC/C=C\CCCCCCCCN(CCN(CCO)C(=O)OC(C)(C)C)C(=O)OC(C)(C)C. The monoisotopic (exact) mass is 554 g/mol. The Bertz CT molecular complexity index is 652. The highest BCUT2D eigenvalue weighted by atomic mass is 16.6. The molecule has 39 heavy (non-hydrogen) atoms. The van der Waals surface area contributed by atoms with E-state index < -0.39 is 17.3 Å². The minimum atomic E-state index is -0.626. The van der Waals surface area contributed by atoms with Crippen LogP contribution in [0.4, 0.5) is 9.59 Å². The van der Waals surface area contributed by atoms with Crippen molar-refractivity contribution in [2.45, 2.75) is 150 Å². The van der Waals surface area contributed by atoms with E-state index in [1.54, 1.807) is 4.90 Å². The highest BCUT2D eigenvalue weighted by molar-refractivity contribution is 5.69. The van der Waals surface area contributed by atoms with Crippen LogP contribution in [0.3, 0.4) is 0 Å². The maximum atomic E-state index is 12.8. The van der Waals surface area contributed by atoms with E-state index in [4.69, 9.17) is 9.47 Å². The quantitative estimate of drug-likeness (QED) is 0.114. The van der Waals surface area contributed by atoms with Crippen molar-refractivity contribution in [2.24, 2.45) is 0 Å². The van der Waals surface area contributed by atoms with E-state index in [1.165, 1.54) is 75.5 Å². The van der Waals surface area contributed by atoms with Crippen LogP contribution in [0.1, 0.15) is 138 Å². The summed E-state index contributed by atoms with van der Waals surface area (Å²) in [6, 6.07) is 0. The van der Waals surface area contributed by atoms with Gasteiger partial charge in [-0.15, -0.1) is 0 Å². The van der Waals surface area contributed by atoms with Crippen molar-refractivity contribution in [3.8, 4) is 0 Å². The topological polar surface area (TPSA) is 79.3 Å². The molecule has 1 N–H and O–H groups in total. The van der Waals surface area contributed by atoms with Crippen molar-refractivity contribution >= 4 is 12.2 Å². The number of hydrogen-bond acceptors (Lipinski definition) is 5. The van der Waals surface area contributed by atoms with E-state index in [2.05, 4.69) is 19.1 Å². The van der Waals surface area contributed by atoms with Gasteiger partial charge in [0.25, 0.3) is 0 Å². The molecule has 0 aliphatic heterocycles. The van der Waals surface area contributed by atoms with E-state index in [1.807, 2.05) is 41.5 Å². The molecule has 230 valence electrons. The lowest BCUT2D eigenvalue weighted by Gasteiger charge is -2.31. The molecule has 0 rings (SSSR count). The largest absolute Gasteiger partial charge is 0.444 e. The average Bonchev–Trinajstić information content (AvgIpc) is 2.82. The number of unbranched alkanes of at least 4 members (excludes halogenated alkanes) is 12. The molecule has 0 aromatic rings. The average molecular weight is 555 g/mol. The fourth-order valence-electron chi connectivity index (χ4n) is 4.15. The minimum Gasteiger partial charge on any atom is -0.444 e. The molecule has 2 amide bonds. The van der Waals surface area contributed by atoms with E-state index in [0.717, 1.165) is 19.3 Å². The second-order valence-electron chi connectivity index (χ2n) is 12.6. The summed E-state index contributed by atoms with van der Waals surface area (Å²) >= 11 is 0. The molecule has 0 radical (unpaired) electrons. The summed E-state index contributed by atoms with van der Waals surface area (Å²) in [6.07, 6.45) is 21.2. The van der Waals surface area contributed by atoms with Crippen molar-refractivity contribution in [3.05, 3.63) is 12.2 Å². The molecule has 0 aliphatic rings. The molecule has 7 heteroatoms. The molecular weight excluding hydrogens is 492 g/mol. The van der Waals surface area contributed by atoms with Gasteiger partial charge in [0.1, 0.15) is 11.2 Å². The van der Waals surface area contributed by atoms with Gasteiger partial charge in [0, 0.05) is 26.2 Å². The Morgan fingerprint density at radius 3 is 1.38 bits per heavy atom. The molecule has 0 aromatic heterocycles. The maximum absolute atomic E-state index is 12.8. The molecule has 0 heterocycles. The van der Waals surface area contributed by atoms with Crippen molar-refractivity contribution < 1.29 is 24.2 Å². The number of aliphatic hydroxyl groups excluding tert-OH is 1. The molecule has 0 fully saturated rings. The second-order valence-corrected chi connectivity index (χ2v) is 12.6. The number of allylic oxidation sites excluding steroid dienone is 2. The number of rotatable bonds is 21. The molecule has 0 saturated carbocycles. The van der Waals surface area contributed by atoms with Crippen LogP contribution < -0.4 is 0 Å². The lowest BCUT2D eigenvalue weighted by atomic mass is 10.1. The second kappa shape index (κ2) is 22.0. The predicted octanol–water partition coefficient (Wildman–Crippen LogP) is 8.49. The van der Waals surface area contributed by atoms with Crippen molar-refractivity contribution in [3.63, 3.8) is 0 Å². The van der Waals surface area contributed by atoms with Crippen LogP contribution in [0.5, 0.6) is 0 Å².